The molecule has 0 spiro atoms. The Bertz CT molecular complexity index is 521. The summed E-state index contributed by atoms with van der Waals surface area (Å²) in [5.74, 6) is -0.121. The molecule has 0 bridgehead atoms. The standard InChI is InChI=1S/C25H45NO4/c1-5-9-21-25(6-2,7-3)22-17-16-19-23(26(28)29)18-14-12-10-11-13-15-20-24(27)30-8-4/h16-18H,5-15,19-22H2,1-4H3/b17-16-,23-18-. The maximum Gasteiger partial charge on any atom is 0.305 e. The Labute approximate surface area is 184 Å². The zero-order valence-corrected chi connectivity index (χ0v) is 19.9. The molecule has 0 aliphatic carbocycles. The van der Waals surface area contributed by atoms with Gasteiger partial charge in [-0.05, 0) is 50.5 Å². The van der Waals surface area contributed by atoms with Crippen LogP contribution in [0.2, 0.25) is 0 Å². The van der Waals surface area contributed by atoms with Crippen LogP contribution in [0.25, 0.3) is 0 Å². The molecular weight excluding hydrogens is 378 g/mol. The minimum atomic E-state index is -0.242. The second-order valence-corrected chi connectivity index (χ2v) is 8.25. The number of esters is 1. The van der Waals surface area contributed by atoms with E-state index in [4.69, 9.17) is 4.74 Å². The summed E-state index contributed by atoms with van der Waals surface area (Å²) < 4.78 is 4.91. The lowest BCUT2D eigenvalue weighted by Gasteiger charge is -2.30. The number of unbranched alkanes of at least 4 members (excludes halogenated alkanes) is 6. The lowest BCUT2D eigenvalue weighted by Crippen LogP contribution is -2.17. The predicted molar refractivity (Wildman–Crippen MR) is 125 cm³/mol. The number of carbonyl (C=O) groups excluding carboxylic acids is 1. The molecular formula is C25H45NO4. The van der Waals surface area contributed by atoms with E-state index >= 15 is 0 Å². The van der Waals surface area contributed by atoms with E-state index in [9.17, 15) is 14.9 Å². The number of rotatable bonds is 19. The Balaban J connectivity index is 4.24. The van der Waals surface area contributed by atoms with E-state index in [1.54, 1.807) is 6.08 Å². The Morgan fingerprint density at radius 2 is 1.63 bits per heavy atom. The van der Waals surface area contributed by atoms with Crippen molar-refractivity contribution in [3.05, 3.63) is 34.0 Å². The van der Waals surface area contributed by atoms with Crippen molar-refractivity contribution >= 4 is 5.97 Å². The zero-order chi connectivity index (χ0) is 22.7. The summed E-state index contributed by atoms with van der Waals surface area (Å²) in [7, 11) is 0. The number of allylic oxidation sites excluding steroid dienone is 3. The smallest absolute Gasteiger partial charge is 0.305 e. The molecule has 0 heterocycles. The topological polar surface area (TPSA) is 69.4 Å². The van der Waals surface area contributed by atoms with Gasteiger partial charge in [-0.1, -0.05) is 77.9 Å². The fourth-order valence-electron chi connectivity index (χ4n) is 3.76. The predicted octanol–water partition coefficient (Wildman–Crippen LogP) is 7.77. The van der Waals surface area contributed by atoms with Gasteiger partial charge in [-0.2, -0.15) is 0 Å². The highest BCUT2D eigenvalue weighted by Gasteiger charge is 2.23. The number of hydrogen-bond acceptors (Lipinski definition) is 4. The molecule has 0 radical (unpaired) electrons. The molecule has 0 N–H and O–H groups in total. The average Bonchev–Trinajstić information content (AvgIpc) is 2.73. The van der Waals surface area contributed by atoms with E-state index in [-0.39, 0.29) is 10.9 Å². The van der Waals surface area contributed by atoms with Crippen molar-refractivity contribution in [2.45, 2.75) is 118 Å². The molecule has 0 rings (SSSR count). The molecule has 5 nitrogen and oxygen atoms in total. The second kappa shape index (κ2) is 18.1. The Hall–Kier alpha value is -1.65. The monoisotopic (exact) mass is 423 g/mol. The normalized spacial score (nSPS) is 12.5. The molecule has 0 saturated heterocycles. The third-order valence-corrected chi connectivity index (χ3v) is 6.11. The largest absolute Gasteiger partial charge is 0.466 e. The minimum absolute atomic E-state index is 0.121. The summed E-state index contributed by atoms with van der Waals surface area (Å²) in [5, 5.41) is 11.3. The van der Waals surface area contributed by atoms with Crippen LogP contribution in [0, 0.1) is 15.5 Å². The Morgan fingerprint density at radius 3 is 2.23 bits per heavy atom. The first-order valence-corrected chi connectivity index (χ1v) is 12.1. The molecule has 0 aliphatic rings. The van der Waals surface area contributed by atoms with E-state index in [1.807, 2.05) is 13.0 Å². The molecule has 174 valence electrons. The van der Waals surface area contributed by atoms with E-state index in [2.05, 4.69) is 26.8 Å². The van der Waals surface area contributed by atoms with Gasteiger partial charge in [-0.15, -0.1) is 0 Å². The van der Waals surface area contributed by atoms with Crippen molar-refractivity contribution in [3.8, 4) is 0 Å². The van der Waals surface area contributed by atoms with E-state index < -0.39 is 0 Å². The van der Waals surface area contributed by atoms with Gasteiger partial charge in [0.2, 0.25) is 5.70 Å². The van der Waals surface area contributed by atoms with Gasteiger partial charge in [-0.25, -0.2) is 0 Å². The van der Waals surface area contributed by atoms with Crippen molar-refractivity contribution in [2.75, 3.05) is 6.61 Å². The van der Waals surface area contributed by atoms with Crippen LogP contribution in [0.15, 0.2) is 23.9 Å². The first-order chi connectivity index (χ1) is 14.4. The van der Waals surface area contributed by atoms with Crippen LogP contribution in [-0.4, -0.2) is 17.5 Å². The van der Waals surface area contributed by atoms with Crippen molar-refractivity contribution in [1.82, 2.24) is 0 Å². The molecule has 0 amide bonds. The molecule has 0 saturated carbocycles. The number of nitro groups is 1. The zero-order valence-electron chi connectivity index (χ0n) is 19.9. The van der Waals surface area contributed by atoms with Gasteiger partial charge in [-0.3, -0.25) is 14.9 Å². The van der Waals surface area contributed by atoms with Crippen molar-refractivity contribution in [3.63, 3.8) is 0 Å². The first kappa shape index (κ1) is 28.4. The Morgan fingerprint density at radius 1 is 0.967 bits per heavy atom. The highest BCUT2D eigenvalue weighted by molar-refractivity contribution is 5.69. The number of nitrogens with zero attached hydrogens (tertiary/aromatic N) is 1. The van der Waals surface area contributed by atoms with Crippen molar-refractivity contribution in [1.29, 1.82) is 0 Å². The minimum Gasteiger partial charge on any atom is -0.466 e. The quantitative estimate of drug-likeness (QED) is 0.0699. The summed E-state index contributed by atoms with van der Waals surface area (Å²) in [6, 6.07) is 0. The highest BCUT2D eigenvalue weighted by atomic mass is 16.6. The molecule has 0 aromatic carbocycles. The van der Waals surface area contributed by atoms with Gasteiger partial charge < -0.3 is 4.74 Å². The molecule has 0 fully saturated rings. The molecule has 0 unspecified atom stereocenters. The highest BCUT2D eigenvalue weighted by Crippen LogP contribution is 2.36. The third-order valence-electron chi connectivity index (χ3n) is 6.11. The number of carbonyl (C=O) groups is 1. The summed E-state index contributed by atoms with van der Waals surface area (Å²) in [6.07, 6.45) is 19.5. The Kier molecular flexibility index (Phi) is 17.1. The van der Waals surface area contributed by atoms with Crippen molar-refractivity contribution in [2.24, 2.45) is 5.41 Å². The van der Waals surface area contributed by atoms with Gasteiger partial charge >= 0.3 is 5.97 Å². The fourth-order valence-corrected chi connectivity index (χ4v) is 3.76. The van der Waals surface area contributed by atoms with Gasteiger partial charge in [0.15, 0.2) is 0 Å². The molecule has 0 aromatic heterocycles. The van der Waals surface area contributed by atoms with Gasteiger partial charge in [0, 0.05) is 6.42 Å². The molecule has 30 heavy (non-hydrogen) atoms. The van der Waals surface area contributed by atoms with E-state index in [0.29, 0.717) is 30.6 Å². The van der Waals surface area contributed by atoms with Gasteiger partial charge in [0.05, 0.1) is 18.0 Å². The van der Waals surface area contributed by atoms with Crippen LogP contribution in [-0.2, 0) is 9.53 Å². The van der Waals surface area contributed by atoms with Crippen LogP contribution < -0.4 is 0 Å². The summed E-state index contributed by atoms with van der Waals surface area (Å²) in [4.78, 5) is 22.3. The average molecular weight is 424 g/mol. The summed E-state index contributed by atoms with van der Waals surface area (Å²) >= 11 is 0. The van der Waals surface area contributed by atoms with E-state index in [1.165, 1.54) is 19.3 Å². The van der Waals surface area contributed by atoms with Crippen molar-refractivity contribution < 1.29 is 14.5 Å². The summed E-state index contributed by atoms with van der Waals surface area (Å²) in [5.41, 5.74) is 0.652. The van der Waals surface area contributed by atoms with Crippen LogP contribution >= 0.6 is 0 Å². The number of ether oxygens (including phenoxy) is 1. The van der Waals surface area contributed by atoms with Gasteiger partial charge in [0.1, 0.15) is 0 Å². The van der Waals surface area contributed by atoms with Crippen LogP contribution in [0.5, 0.6) is 0 Å². The second-order valence-electron chi connectivity index (χ2n) is 8.25. The maximum atomic E-state index is 11.3. The lowest BCUT2D eigenvalue weighted by atomic mass is 9.75. The first-order valence-electron chi connectivity index (χ1n) is 12.1. The lowest BCUT2D eigenvalue weighted by molar-refractivity contribution is -0.427. The van der Waals surface area contributed by atoms with Crippen LogP contribution in [0.1, 0.15) is 118 Å². The van der Waals surface area contributed by atoms with Gasteiger partial charge in [0.25, 0.3) is 0 Å². The molecule has 0 aliphatic heterocycles. The fraction of sp³-hybridized carbons (Fsp3) is 0.800. The SMILES string of the molecule is CCCCC(CC)(CC)C/C=C\C/C(=C/CCCCCCCC(=O)OCC)[N+](=O)[O-]. The van der Waals surface area contributed by atoms with Crippen LogP contribution in [0.3, 0.4) is 0 Å². The van der Waals surface area contributed by atoms with Crippen LogP contribution in [0.4, 0.5) is 0 Å². The van der Waals surface area contributed by atoms with E-state index in [0.717, 1.165) is 57.8 Å². The summed E-state index contributed by atoms with van der Waals surface area (Å²) in [6.45, 7) is 9.00. The molecule has 0 aromatic rings. The maximum absolute atomic E-state index is 11.3. The molecule has 0 atom stereocenters. The number of hydrogen-bond donors (Lipinski definition) is 0. The molecule has 5 heteroatoms. The third kappa shape index (κ3) is 13.6.